The number of nitrogens with zero attached hydrogens (tertiary/aromatic N) is 5. The SMILES string of the molecule is C[C@@](CN=[N+]=[N-])(Nc1ccnc(Cl)n1)C(=O)O. The number of azide groups is 1. The van der Waals surface area contributed by atoms with Gasteiger partial charge in [-0.3, -0.25) is 0 Å². The van der Waals surface area contributed by atoms with Crippen molar-refractivity contribution in [2.45, 2.75) is 12.5 Å². The van der Waals surface area contributed by atoms with Crippen LogP contribution in [0.5, 0.6) is 0 Å². The Morgan fingerprint density at radius 3 is 3.06 bits per heavy atom. The van der Waals surface area contributed by atoms with Crippen molar-refractivity contribution >= 4 is 23.4 Å². The molecular formula is C8H9ClN6O2. The number of carboxylic acid groups (broad SMARTS) is 1. The zero-order valence-corrected chi connectivity index (χ0v) is 9.59. The van der Waals surface area contributed by atoms with Crippen molar-refractivity contribution in [3.63, 3.8) is 0 Å². The molecule has 0 saturated carbocycles. The predicted octanol–water partition coefficient (Wildman–Crippen LogP) is 1.70. The van der Waals surface area contributed by atoms with E-state index >= 15 is 0 Å². The summed E-state index contributed by atoms with van der Waals surface area (Å²) in [5.41, 5.74) is 6.76. The lowest BCUT2D eigenvalue weighted by Crippen LogP contribution is -2.46. The van der Waals surface area contributed by atoms with Crippen LogP contribution in [0.4, 0.5) is 5.82 Å². The summed E-state index contributed by atoms with van der Waals surface area (Å²) in [6, 6.07) is 1.46. The monoisotopic (exact) mass is 256 g/mol. The molecule has 1 aromatic heterocycles. The molecule has 0 aromatic carbocycles. The number of aromatic nitrogens is 2. The maximum atomic E-state index is 11.1. The highest BCUT2D eigenvalue weighted by molar-refractivity contribution is 6.28. The van der Waals surface area contributed by atoms with E-state index in [1.54, 1.807) is 0 Å². The molecule has 9 heteroatoms. The summed E-state index contributed by atoms with van der Waals surface area (Å²) in [7, 11) is 0. The number of rotatable bonds is 5. The van der Waals surface area contributed by atoms with E-state index < -0.39 is 11.5 Å². The first kappa shape index (κ1) is 13.0. The molecule has 1 atom stereocenters. The average Bonchev–Trinajstić information content (AvgIpc) is 2.26. The van der Waals surface area contributed by atoms with Gasteiger partial charge < -0.3 is 10.4 Å². The van der Waals surface area contributed by atoms with Gasteiger partial charge in [0.25, 0.3) is 0 Å². The smallest absolute Gasteiger partial charge is 0.329 e. The molecule has 0 bridgehead atoms. The maximum absolute atomic E-state index is 11.1. The first-order valence-corrected chi connectivity index (χ1v) is 4.87. The van der Waals surface area contributed by atoms with Crippen LogP contribution in [0.25, 0.3) is 10.4 Å². The van der Waals surface area contributed by atoms with Gasteiger partial charge in [0.05, 0.1) is 6.54 Å². The fourth-order valence-electron chi connectivity index (χ4n) is 1.02. The van der Waals surface area contributed by atoms with Gasteiger partial charge in [-0.2, -0.15) is 0 Å². The number of carbonyl (C=O) groups is 1. The van der Waals surface area contributed by atoms with Crippen LogP contribution in [-0.2, 0) is 4.79 Å². The molecule has 90 valence electrons. The van der Waals surface area contributed by atoms with E-state index in [0.717, 1.165) is 0 Å². The number of anilines is 1. The van der Waals surface area contributed by atoms with Gasteiger partial charge >= 0.3 is 5.97 Å². The Morgan fingerprint density at radius 1 is 1.82 bits per heavy atom. The zero-order chi connectivity index (χ0) is 12.9. The zero-order valence-electron chi connectivity index (χ0n) is 8.83. The Labute approximate surface area is 101 Å². The molecule has 2 N–H and O–H groups in total. The highest BCUT2D eigenvalue weighted by atomic mass is 35.5. The lowest BCUT2D eigenvalue weighted by atomic mass is 10.0. The van der Waals surface area contributed by atoms with Crippen LogP contribution in [0.1, 0.15) is 6.92 Å². The maximum Gasteiger partial charge on any atom is 0.329 e. The third-order valence-electron chi connectivity index (χ3n) is 1.95. The van der Waals surface area contributed by atoms with Gasteiger partial charge in [0.2, 0.25) is 5.28 Å². The van der Waals surface area contributed by atoms with Crippen LogP contribution in [0.15, 0.2) is 17.4 Å². The van der Waals surface area contributed by atoms with Gasteiger partial charge in [-0.1, -0.05) is 5.11 Å². The van der Waals surface area contributed by atoms with Gasteiger partial charge in [-0.15, -0.1) is 0 Å². The van der Waals surface area contributed by atoms with E-state index in [1.807, 2.05) is 0 Å². The number of hydrogen-bond acceptors (Lipinski definition) is 5. The van der Waals surface area contributed by atoms with E-state index in [9.17, 15) is 4.79 Å². The van der Waals surface area contributed by atoms with Crippen LogP contribution in [0.3, 0.4) is 0 Å². The second-order valence-corrected chi connectivity index (χ2v) is 3.70. The van der Waals surface area contributed by atoms with E-state index in [2.05, 4.69) is 25.3 Å². The molecule has 0 aliphatic rings. The standard InChI is InChI=1S/C8H9ClN6O2/c1-8(6(16)17,4-12-15-10)14-5-2-3-11-7(9)13-5/h2-3H,4H2,1H3,(H,16,17)(H,11,13,14)/t8-/m0/s1. The quantitative estimate of drug-likeness (QED) is 0.359. The fourth-order valence-corrected chi connectivity index (χ4v) is 1.17. The Hall–Kier alpha value is -2.05. The number of nitrogens with one attached hydrogen (secondary N) is 1. The summed E-state index contributed by atoms with van der Waals surface area (Å²) < 4.78 is 0. The molecule has 0 spiro atoms. The van der Waals surface area contributed by atoms with Crippen LogP contribution in [0.2, 0.25) is 5.28 Å². The van der Waals surface area contributed by atoms with Crippen LogP contribution >= 0.6 is 11.6 Å². The lowest BCUT2D eigenvalue weighted by molar-refractivity contribution is -0.141. The minimum absolute atomic E-state index is 0.00785. The minimum atomic E-state index is -1.45. The Morgan fingerprint density at radius 2 is 2.53 bits per heavy atom. The molecule has 1 heterocycles. The molecule has 0 aliphatic heterocycles. The number of carboxylic acids is 1. The van der Waals surface area contributed by atoms with E-state index in [0.29, 0.717) is 0 Å². The summed E-state index contributed by atoms with van der Waals surface area (Å²) in [6.45, 7) is 1.11. The van der Waals surface area contributed by atoms with Crippen molar-refractivity contribution < 1.29 is 9.90 Å². The molecule has 0 aliphatic carbocycles. The number of aliphatic carboxylic acids is 1. The van der Waals surface area contributed by atoms with Crippen molar-refractivity contribution in [3.8, 4) is 0 Å². The van der Waals surface area contributed by atoms with Crippen molar-refractivity contribution in [3.05, 3.63) is 28.0 Å². The second kappa shape index (κ2) is 5.33. The minimum Gasteiger partial charge on any atom is -0.480 e. The molecule has 0 amide bonds. The molecule has 8 nitrogen and oxygen atoms in total. The largest absolute Gasteiger partial charge is 0.480 e. The van der Waals surface area contributed by atoms with Crippen LogP contribution < -0.4 is 5.32 Å². The molecule has 0 fully saturated rings. The molecule has 0 saturated heterocycles. The Bertz CT molecular complexity index is 475. The van der Waals surface area contributed by atoms with Crippen molar-refractivity contribution in [2.24, 2.45) is 5.11 Å². The molecule has 0 radical (unpaired) electrons. The summed E-state index contributed by atoms with van der Waals surface area (Å²) in [6.07, 6.45) is 1.38. The van der Waals surface area contributed by atoms with Gasteiger partial charge in [0.1, 0.15) is 11.4 Å². The molecule has 1 rings (SSSR count). The van der Waals surface area contributed by atoms with Gasteiger partial charge in [-0.05, 0) is 30.1 Å². The summed E-state index contributed by atoms with van der Waals surface area (Å²) in [5.74, 6) is -0.928. The van der Waals surface area contributed by atoms with Crippen molar-refractivity contribution in [1.82, 2.24) is 9.97 Å². The van der Waals surface area contributed by atoms with E-state index in [4.69, 9.17) is 22.2 Å². The average molecular weight is 257 g/mol. The van der Waals surface area contributed by atoms with Crippen molar-refractivity contribution in [2.75, 3.05) is 11.9 Å². The topological polar surface area (TPSA) is 124 Å². The summed E-state index contributed by atoms with van der Waals surface area (Å²) in [5, 5.41) is 14.9. The first-order chi connectivity index (χ1) is 7.98. The second-order valence-electron chi connectivity index (χ2n) is 3.36. The van der Waals surface area contributed by atoms with Crippen LogP contribution in [0, 0.1) is 0 Å². The highest BCUT2D eigenvalue weighted by Gasteiger charge is 2.32. The van der Waals surface area contributed by atoms with E-state index in [-0.39, 0.29) is 17.6 Å². The number of hydrogen-bond donors (Lipinski definition) is 2. The lowest BCUT2D eigenvalue weighted by Gasteiger charge is -2.24. The summed E-state index contributed by atoms with van der Waals surface area (Å²) in [4.78, 5) is 21.1. The molecular weight excluding hydrogens is 248 g/mol. The molecule has 17 heavy (non-hydrogen) atoms. The normalized spacial score (nSPS) is 13.3. The fraction of sp³-hybridized carbons (Fsp3) is 0.375. The van der Waals surface area contributed by atoms with Gasteiger partial charge in [0.15, 0.2) is 0 Å². The Kier molecular flexibility index (Phi) is 4.08. The molecule has 1 aromatic rings. The summed E-state index contributed by atoms with van der Waals surface area (Å²) >= 11 is 5.57. The van der Waals surface area contributed by atoms with E-state index in [1.165, 1.54) is 19.2 Å². The highest BCUT2D eigenvalue weighted by Crippen LogP contribution is 2.15. The predicted molar refractivity (Wildman–Crippen MR) is 60.7 cm³/mol. The molecule has 0 unspecified atom stereocenters. The first-order valence-electron chi connectivity index (χ1n) is 4.49. The van der Waals surface area contributed by atoms with Crippen molar-refractivity contribution in [1.29, 1.82) is 0 Å². The Balaban J connectivity index is 2.94. The van der Waals surface area contributed by atoms with Crippen LogP contribution in [-0.4, -0.2) is 33.1 Å². The third-order valence-corrected chi connectivity index (χ3v) is 2.13. The number of halogens is 1. The van der Waals surface area contributed by atoms with Gasteiger partial charge in [0, 0.05) is 11.1 Å². The van der Waals surface area contributed by atoms with Gasteiger partial charge in [-0.25, -0.2) is 14.8 Å². The third kappa shape index (κ3) is 3.47.